The van der Waals surface area contributed by atoms with E-state index in [-0.39, 0.29) is 17.2 Å². The highest BCUT2D eigenvalue weighted by molar-refractivity contribution is 7.92. The Kier molecular flexibility index (Phi) is 7.40. The fraction of sp³-hybridized carbons (Fsp3) is 0.0714. The molecule has 0 saturated carbocycles. The van der Waals surface area contributed by atoms with Crippen molar-refractivity contribution < 1.29 is 17.9 Å². The fourth-order valence-electron chi connectivity index (χ4n) is 3.96. The predicted octanol–water partition coefficient (Wildman–Crippen LogP) is 5.82. The van der Waals surface area contributed by atoms with Crippen molar-refractivity contribution in [3.63, 3.8) is 0 Å². The molecule has 5 aromatic rings. The summed E-state index contributed by atoms with van der Waals surface area (Å²) in [7, 11) is -3.46. The van der Waals surface area contributed by atoms with E-state index in [1.807, 2.05) is 48.5 Å². The topological polar surface area (TPSA) is 123 Å². The summed E-state index contributed by atoms with van der Waals surface area (Å²) in [5.74, 6) is -0.133. The summed E-state index contributed by atoms with van der Waals surface area (Å²) in [6.45, 7) is 0.103. The zero-order valence-electron chi connectivity index (χ0n) is 20.6. The van der Waals surface area contributed by atoms with E-state index in [2.05, 4.69) is 25.0 Å². The normalized spacial score (nSPS) is 11.2. The van der Waals surface area contributed by atoms with Gasteiger partial charge in [-0.1, -0.05) is 54.1 Å². The van der Waals surface area contributed by atoms with E-state index in [9.17, 15) is 13.2 Å². The van der Waals surface area contributed by atoms with E-state index < -0.39 is 16.0 Å². The van der Waals surface area contributed by atoms with Gasteiger partial charge in [-0.2, -0.15) is 0 Å². The summed E-state index contributed by atoms with van der Waals surface area (Å²) in [5, 5.41) is 4.11. The molecule has 0 bridgehead atoms. The first kappa shape index (κ1) is 26.1. The summed E-state index contributed by atoms with van der Waals surface area (Å²) < 4.78 is 31.3. The molecule has 0 aliphatic rings. The van der Waals surface area contributed by atoms with Crippen molar-refractivity contribution in [2.45, 2.75) is 6.61 Å². The Morgan fingerprint density at radius 3 is 2.56 bits per heavy atom. The zero-order valence-corrected chi connectivity index (χ0v) is 22.2. The molecule has 9 nitrogen and oxygen atoms in total. The monoisotopic (exact) mass is 559 g/mol. The molecular formula is C28H22ClN5O4S. The largest absolute Gasteiger partial charge is 0.457 e. The third kappa shape index (κ3) is 6.31. The molecule has 3 aromatic carbocycles. The minimum atomic E-state index is -3.46. The van der Waals surface area contributed by atoms with Crippen molar-refractivity contribution in [1.29, 1.82) is 0 Å². The Morgan fingerprint density at radius 2 is 1.77 bits per heavy atom. The number of aromatic nitrogens is 3. The van der Waals surface area contributed by atoms with Crippen molar-refractivity contribution in [2.24, 2.45) is 0 Å². The van der Waals surface area contributed by atoms with Crippen LogP contribution in [0, 0.1) is 0 Å². The maximum Gasteiger partial charge on any atom is 0.342 e. The van der Waals surface area contributed by atoms with E-state index in [1.54, 1.807) is 30.5 Å². The highest BCUT2D eigenvalue weighted by Crippen LogP contribution is 2.32. The molecule has 0 spiro atoms. The molecule has 5 rings (SSSR count). The number of anilines is 3. The van der Waals surface area contributed by atoms with Crippen LogP contribution in [0.5, 0.6) is 0 Å². The number of halogens is 1. The highest BCUT2D eigenvalue weighted by Gasteiger charge is 2.19. The lowest BCUT2D eigenvalue weighted by molar-refractivity contribution is 0.0474. The van der Waals surface area contributed by atoms with Gasteiger partial charge in [-0.25, -0.2) is 23.2 Å². The SMILES string of the molecule is CS(=O)(=O)Nc1cncc(-c2ccc3ncnc(Nc4cccc(Cl)c4C(=O)OCc4ccccc4)c3c2)c1. The van der Waals surface area contributed by atoms with E-state index in [4.69, 9.17) is 16.3 Å². The van der Waals surface area contributed by atoms with E-state index >= 15 is 0 Å². The van der Waals surface area contributed by atoms with Gasteiger partial charge in [-0.05, 0) is 41.5 Å². The van der Waals surface area contributed by atoms with Crippen LogP contribution in [0.2, 0.25) is 5.02 Å². The number of nitrogens with zero attached hydrogens (tertiary/aromatic N) is 3. The number of hydrogen-bond acceptors (Lipinski definition) is 8. The Bertz CT molecular complexity index is 1780. The van der Waals surface area contributed by atoms with Crippen molar-refractivity contribution in [3.8, 4) is 11.1 Å². The third-order valence-electron chi connectivity index (χ3n) is 5.69. The van der Waals surface area contributed by atoms with Gasteiger partial charge in [-0.15, -0.1) is 0 Å². The van der Waals surface area contributed by atoms with Crippen LogP contribution in [-0.2, 0) is 21.4 Å². The van der Waals surface area contributed by atoms with Crippen LogP contribution in [0.25, 0.3) is 22.0 Å². The van der Waals surface area contributed by atoms with Crippen molar-refractivity contribution in [2.75, 3.05) is 16.3 Å². The molecule has 0 fully saturated rings. The van der Waals surface area contributed by atoms with Crippen molar-refractivity contribution >= 4 is 55.7 Å². The smallest absolute Gasteiger partial charge is 0.342 e. The summed E-state index contributed by atoms with van der Waals surface area (Å²) in [5.41, 5.74) is 3.91. The number of pyridine rings is 1. The number of fused-ring (bicyclic) bond motifs is 1. The molecular weight excluding hydrogens is 538 g/mol. The van der Waals surface area contributed by atoms with Gasteiger partial charge >= 0.3 is 5.97 Å². The number of rotatable bonds is 8. The second-order valence-electron chi connectivity index (χ2n) is 8.64. The number of sulfonamides is 1. The number of esters is 1. The highest BCUT2D eigenvalue weighted by atomic mass is 35.5. The van der Waals surface area contributed by atoms with Crippen LogP contribution >= 0.6 is 11.6 Å². The lowest BCUT2D eigenvalue weighted by Crippen LogP contribution is -2.10. The molecule has 0 aliphatic carbocycles. The van der Waals surface area contributed by atoms with Gasteiger partial charge in [0.05, 0.1) is 34.4 Å². The molecule has 2 aromatic heterocycles. The quantitative estimate of drug-likeness (QED) is 0.228. The molecule has 11 heteroatoms. The van der Waals surface area contributed by atoms with E-state index in [0.717, 1.165) is 17.4 Å². The predicted molar refractivity (Wildman–Crippen MR) is 152 cm³/mol. The Hall–Kier alpha value is -4.54. The number of benzene rings is 3. The maximum absolute atomic E-state index is 13.0. The van der Waals surface area contributed by atoms with Gasteiger partial charge in [0.2, 0.25) is 10.0 Å². The maximum atomic E-state index is 13.0. The molecule has 2 N–H and O–H groups in total. The van der Waals surface area contributed by atoms with Crippen LogP contribution < -0.4 is 10.0 Å². The number of carbonyl (C=O) groups excluding carboxylic acids is 1. The Labute approximate surface area is 229 Å². The van der Waals surface area contributed by atoms with Crippen LogP contribution in [0.15, 0.2) is 91.5 Å². The van der Waals surface area contributed by atoms with Crippen LogP contribution in [0.4, 0.5) is 17.2 Å². The first-order valence-corrected chi connectivity index (χ1v) is 14.0. The van der Waals surface area contributed by atoms with E-state index in [1.165, 1.54) is 12.5 Å². The van der Waals surface area contributed by atoms with Crippen LogP contribution in [0.1, 0.15) is 15.9 Å². The summed E-state index contributed by atoms with van der Waals surface area (Å²) in [6.07, 6.45) is 5.55. The average molecular weight is 560 g/mol. The van der Waals surface area contributed by atoms with Crippen LogP contribution in [-0.4, -0.2) is 35.6 Å². The lowest BCUT2D eigenvalue weighted by Gasteiger charge is -2.14. The molecule has 39 heavy (non-hydrogen) atoms. The first-order valence-electron chi connectivity index (χ1n) is 11.7. The average Bonchev–Trinajstić information content (AvgIpc) is 2.92. The number of hydrogen-bond donors (Lipinski definition) is 2. The Morgan fingerprint density at radius 1 is 0.949 bits per heavy atom. The standard InChI is InChI=1S/C28H22ClN5O4S/c1-39(36,37)34-21-12-20(14-30-15-21)19-10-11-24-22(13-19)27(32-17-31-24)33-25-9-5-8-23(29)26(25)28(35)38-16-18-6-3-2-4-7-18/h2-15,17,34H,16H2,1H3,(H,31,32,33). The van der Waals surface area contributed by atoms with E-state index in [0.29, 0.717) is 33.7 Å². The molecule has 0 aliphatic heterocycles. The van der Waals surface area contributed by atoms with Gasteiger partial charge in [-0.3, -0.25) is 9.71 Å². The summed E-state index contributed by atoms with van der Waals surface area (Å²) in [6, 6.07) is 21.6. The summed E-state index contributed by atoms with van der Waals surface area (Å²) in [4.78, 5) is 26.0. The minimum Gasteiger partial charge on any atom is -0.457 e. The Balaban J connectivity index is 1.47. The van der Waals surface area contributed by atoms with Crippen LogP contribution in [0.3, 0.4) is 0 Å². The molecule has 0 atom stereocenters. The second-order valence-corrected chi connectivity index (χ2v) is 10.8. The van der Waals surface area contributed by atoms with Gasteiger partial charge in [0.15, 0.2) is 0 Å². The third-order valence-corrected chi connectivity index (χ3v) is 6.62. The molecule has 0 amide bonds. The first-order chi connectivity index (χ1) is 18.8. The van der Waals surface area contributed by atoms with Gasteiger partial charge in [0, 0.05) is 17.1 Å². The van der Waals surface area contributed by atoms with Gasteiger partial charge in [0.1, 0.15) is 24.3 Å². The molecule has 0 saturated heterocycles. The zero-order chi connectivity index (χ0) is 27.4. The molecule has 0 radical (unpaired) electrons. The van der Waals surface area contributed by atoms with Crippen molar-refractivity contribution in [1.82, 2.24) is 15.0 Å². The minimum absolute atomic E-state index is 0.103. The summed E-state index contributed by atoms with van der Waals surface area (Å²) >= 11 is 6.43. The number of nitrogens with one attached hydrogen (secondary N) is 2. The molecule has 0 unspecified atom stereocenters. The number of ether oxygens (including phenoxy) is 1. The molecule has 196 valence electrons. The molecule has 2 heterocycles. The van der Waals surface area contributed by atoms with Gasteiger partial charge < -0.3 is 10.1 Å². The second kappa shape index (κ2) is 11.1. The number of carbonyl (C=O) groups is 1. The lowest BCUT2D eigenvalue weighted by atomic mass is 10.0. The fourth-order valence-corrected chi connectivity index (χ4v) is 4.75. The van der Waals surface area contributed by atoms with Gasteiger partial charge in [0.25, 0.3) is 0 Å². The van der Waals surface area contributed by atoms with Crippen molar-refractivity contribution in [3.05, 3.63) is 108 Å².